The van der Waals surface area contributed by atoms with Crippen molar-refractivity contribution in [1.82, 2.24) is 9.78 Å². The average molecular weight is 255 g/mol. The summed E-state index contributed by atoms with van der Waals surface area (Å²) in [6.07, 6.45) is 4.47. The number of aryl methyl sites for hydroxylation is 2. The number of hydrogen-bond acceptors (Lipinski definition) is 3. The Morgan fingerprint density at radius 1 is 1.41 bits per heavy atom. The molecule has 0 saturated heterocycles. The molecule has 98 valence electrons. The summed E-state index contributed by atoms with van der Waals surface area (Å²) in [7, 11) is 2.03. The Morgan fingerprint density at radius 3 is 2.71 bits per heavy atom. The zero-order chi connectivity index (χ0) is 12.8. The summed E-state index contributed by atoms with van der Waals surface area (Å²) in [5, 5.41) is 5.82. The Labute approximate surface area is 109 Å². The third-order valence-corrected chi connectivity index (χ3v) is 4.29. The summed E-state index contributed by atoms with van der Waals surface area (Å²) >= 11 is 1.92. The minimum absolute atomic E-state index is 0.253. The van der Waals surface area contributed by atoms with Gasteiger partial charge in [-0.1, -0.05) is 20.3 Å². The SMILES string of the molecule is CCCCSc1c(CC(N)CC)c(C)nn1C. The first-order valence-electron chi connectivity index (χ1n) is 6.50. The van der Waals surface area contributed by atoms with Crippen molar-refractivity contribution in [2.24, 2.45) is 12.8 Å². The molecule has 1 unspecified atom stereocenters. The van der Waals surface area contributed by atoms with Crippen LogP contribution < -0.4 is 5.73 Å². The van der Waals surface area contributed by atoms with Gasteiger partial charge in [-0.15, -0.1) is 11.8 Å². The first-order valence-corrected chi connectivity index (χ1v) is 7.49. The van der Waals surface area contributed by atoms with Crippen LogP contribution in [0.5, 0.6) is 0 Å². The number of thioether (sulfide) groups is 1. The third-order valence-electron chi connectivity index (χ3n) is 3.02. The summed E-state index contributed by atoms with van der Waals surface area (Å²) in [4.78, 5) is 0. The second-order valence-corrected chi connectivity index (χ2v) is 5.65. The minimum atomic E-state index is 0.253. The van der Waals surface area contributed by atoms with E-state index in [1.54, 1.807) is 0 Å². The lowest BCUT2D eigenvalue weighted by Gasteiger charge is -2.10. The molecule has 17 heavy (non-hydrogen) atoms. The van der Waals surface area contributed by atoms with Crippen molar-refractivity contribution < 1.29 is 0 Å². The molecule has 1 aromatic heterocycles. The van der Waals surface area contributed by atoms with Crippen LogP contribution in [0.1, 0.15) is 44.4 Å². The Morgan fingerprint density at radius 2 is 2.12 bits per heavy atom. The van der Waals surface area contributed by atoms with Gasteiger partial charge in [0, 0.05) is 18.7 Å². The zero-order valence-corrected chi connectivity index (χ0v) is 12.3. The quantitative estimate of drug-likeness (QED) is 0.602. The molecule has 0 fully saturated rings. The monoisotopic (exact) mass is 255 g/mol. The molecule has 0 amide bonds. The molecular formula is C13H25N3S. The van der Waals surface area contributed by atoms with E-state index in [2.05, 4.69) is 25.9 Å². The van der Waals surface area contributed by atoms with Gasteiger partial charge < -0.3 is 5.73 Å². The largest absolute Gasteiger partial charge is 0.327 e. The van der Waals surface area contributed by atoms with Gasteiger partial charge in [-0.05, 0) is 31.9 Å². The van der Waals surface area contributed by atoms with Crippen LogP contribution in [-0.4, -0.2) is 21.6 Å². The highest BCUT2D eigenvalue weighted by atomic mass is 32.2. The van der Waals surface area contributed by atoms with Crippen LogP contribution in [0.3, 0.4) is 0 Å². The zero-order valence-electron chi connectivity index (χ0n) is 11.5. The fraction of sp³-hybridized carbons (Fsp3) is 0.769. The Bertz CT molecular complexity index is 347. The number of hydrogen-bond donors (Lipinski definition) is 1. The second kappa shape index (κ2) is 7.07. The molecule has 3 nitrogen and oxygen atoms in total. The molecule has 0 aromatic carbocycles. The van der Waals surface area contributed by atoms with Gasteiger partial charge in [0.2, 0.25) is 0 Å². The molecule has 0 spiro atoms. The predicted molar refractivity (Wildman–Crippen MR) is 75.5 cm³/mol. The van der Waals surface area contributed by atoms with Crippen LogP contribution in [0, 0.1) is 6.92 Å². The van der Waals surface area contributed by atoms with Crippen molar-refractivity contribution >= 4 is 11.8 Å². The summed E-state index contributed by atoms with van der Waals surface area (Å²) in [6.45, 7) is 6.45. The molecule has 0 bridgehead atoms. The molecule has 1 atom stereocenters. The van der Waals surface area contributed by atoms with E-state index in [1.807, 2.05) is 23.5 Å². The highest BCUT2D eigenvalue weighted by molar-refractivity contribution is 7.99. The smallest absolute Gasteiger partial charge is 0.0971 e. The maximum Gasteiger partial charge on any atom is 0.0971 e. The van der Waals surface area contributed by atoms with Crippen LogP contribution in [0.4, 0.5) is 0 Å². The lowest BCUT2D eigenvalue weighted by atomic mass is 10.1. The fourth-order valence-electron chi connectivity index (χ4n) is 1.82. The molecule has 0 aliphatic heterocycles. The summed E-state index contributed by atoms with van der Waals surface area (Å²) < 4.78 is 2.01. The summed E-state index contributed by atoms with van der Waals surface area (Å²) in [5.74, 6) is 1.17. The first kappa shape index (κ1) is 14.6. The van der Waals surface area contributed by atoms with Crippen molar-refractivity contribution in [2.45, 2.75) is 57.5 Å². The Hall–Kier alpha value is -0.480. The van der Waals surface area contributed by atoms with Gasteiger partial charge in [-0.25, -0.2) is 0 Å². The van der Waals surface area contributed by atoms with Crippen molar-refractivity contribution in [3.05, 3.63) is 11.3 Å². The number of rotatable bonds is 7. The number of nitrogens with two attached hydrogens (primary N) is 1. The maximum absolute atomic E-state index is 6.06. The van der Waals surface area contributed by atoms with Gasteiger partial charge in [0.15, 0.2) is 0 Å². The van der Waals surface area contributed by atoms with Gasteiger partial charge in [0.1, 0.15) is 0 Å². The molecule has 4 heteroatoms. The van der Waals surface area contributed by atoms with E-state index in [9.17, 15) is 0 Å². The Balaban J connectivity index is 2.78. The van der Waals surface area contributed by atoms with Gasteiger partial charge in [0.25, 0.3) is 0 Å². The van der Waals surface area contributed by atoms with E-state index in [-0.39, 0.29) is 6.04 Å². The van der Waals surface area contributed by atoms with Crippen molar-refractivity contribution in [2.75, 3.05) is 5.75 Å². The fourth-order valence-corrected chi connectivity index (χ4v) is 3.08. The predicted octanol–water partition coefficient (Wildman–Crippen LogP) is 2.90. The first-order chi connectivity index (χ1) is 8.10. The van der Waals surface area contributed by atoms with Crippen molar-refractivity contribution in [3.8, 4) is 0 Å². The van der Waals surface area contributed by atoms with Crippen LogP contribution in [0.15, 0.2) is 5.03 Å². The van der Waals surface area contributed by atoms with Crippen LogP contribution in [0.25, 0.3) is 0 Å². The highest BCUT2D eigenvalue weighted by Crippen LogP contribution is 2.26. The van der Waals surface area contributed by atoms with Crippen LogP contribution in [0.2, 0.25) is 0 Å². The molecule has 0 radical (unpaired) electrons. The normalized spacial score (nSPS) is 13.0. The van der Waals surface area contributed by atoms with Gasteiger partial charge in [0.05, 0.1) is 10.7 Å². The van der Waals surface area contributed by atoms with Crippen molar-refractivity contribution in [1.29, 1.82) is 0 Å². The van der Waals surface area contributed by atoms with E-state index >= 15 is 0 Å². The molecular weight excluding hydrogens is 230 g/mol. The van der Waals surface area contributed by atoms with E-state index in [0.717, 1.165) is 18.5 Å². The second-order valence-electron chi connectivity index (χ2n) is 4.57. The summed E-state index contributed by atoms with van der Waals surface area (Å²) in [6, 6.07) is 0.253. The number of unbranched alkanes of at least 4 members (excludes halogenated alkanes) is 1. The molecule has 2 N–H and O–H groups in total. The summed E-state index contributed by atoms with van der Waals surface area (Å²) in [5.41, 5.74) is 8.55. The maximum atomic E-state index is 6.06. The topological polar surface area (TPSA) is 43.8 Å². The van der Waals surface area contributed by atoms with Gasteiger partial charge >= 0.3 is 0 Å². The molecule has 1 rings (SSSR count). The lowest BCUT2D eigenvalue weighted by Crippen LogP contribution is -2.22. The molecule has 0 saturated carbocycles. The van der Waals surface area contributed by atoms with E-state index in [4.69, 9.17) is 5.73 Å². The standard InChI is InChI=1S/C13H25N3S/c1-5-7-8-17-13-12(9-11(14)6-2)10(3)15-16(13)4/h11H,5-9,14H2,1-4H3. The molecule has 0 aliphatic rings. The van der Waals surface area contributed by atoms with E-state index in [1.165, 1.54) is 29.2 Å². The highest BCUT2D eigenvalue weighted by Gasteiger charge is 2.15. The van der Waals surface area contributed by atoms with Crippen molar-refractivity contribution in [3.63, 3.8) is 0 Å². The Kier molecular flexibility index (Phi) is 6.06. The van der Waals surface area contributed by atoms with Crippen LogP contribution >= 0.6 is 11.8 Å². The van der Waals surface area contributed by atoms with Crippen LogP contribution in [-0.2, 0) is 13.5 Å². The lowest BCUT2D eigenvalue weighted by molar-refractivity contribution is 0.631. The molecule has 0 aliphatic carbocycles. The number of nitrogens with zero attached hydrogens (tertiary/aromatic N) is 2. The molecule has 1 aromatic rings. The average Bonchev–Trinajstić information content (AvgIpc) is 2.56. The number of aromatic nitrogens is 2. The van der Waals surface area contributed by atoms with Gasteiger partial charge in [-0.2, -0.15) is 5.10 Å². The molecule has 1 heterocycles. The van der Waals surface area contributed by atoms with Gasteiger partial charge in [-0.3, -0.25) is 4.68 Å². The van der Waals surface area contributed by atoms with E-state index < -0.39 is 0 Å². The minimum Gasteiger partial charge on any atom is -0.327 e. The third kappa shape index (κ3) is 4.03. The van der Waals surface area contributed by atoms with E-state index in [0.29, 0.717) is 0 Å².